The fourth-order valence-corrected chi connectivity index (χ4v) is 4.21. The first-order valence-electron chi connectivity index (χ1n) is 10.8. The summed E-state index contributed by atoms with van der Waals surface area (Å²) < 4.78 is 0. The molecule has 0 aromatic rings. The summed E-state index contributed by atoms with van der Waals surface area (Å²) in [7, 11) is 0. The molecule has 2 nitrogen and oxygen atoms in total. The molecule has 1 heterocycles. The third-order valence-corrected chi connectivity index (χ3v) is 8.97. The Morgan fingerprint density at radius 2 is 1.08 bits per heavy atom. The molecule has 0 saturated carbocycles. The molecule has 1 aliphatic rings. The van der Waals surface area contributed by atoms with Crippen molar-refractivity contribution in [3.05, 3.63) is 0 Å². The lowest BCUT2D eigenvalue weighted by Gasteiger charge is -2.57. The van der Waals surface area contributed by atoms with E-state index < -0.39 is 0 Å². The Labute approximate surface area is 166 Å². The minimum atomic E-state index is 0.200. The van der Waals surface area contributed by atoms with Crippen LogP contribution in [0.4, 0.5) is 0 Å². The van der Waals surface area contributed by atoms with Crippen LogP contribution < -0.4 is 0 Å². The molecule has 1 atom stereocenters. The lowest BCUT2D eigenvalue weighted by molar-refractivity contribution is -0.0784. The average molecular weight is 367 g/mol. The highest BCUT2D eigenvalue weighted by Gasteiger charge is 2.49. The maximum Gasteiger partial charge on any atom is 0.0210 e. The standard InChI is InChI=1S/C24H50N2/c1-19(18-22(8,9)20(2,3)4)25-14-16-26(17-15-25)24(12,13)23(10,11)21(5,6)7/h19H,14-18H2,1-13H3. The fraction of sp³-hybridized carbons (Fsp3) is 1.00. The predicted octanol–water partition coefficient (Wildman–Crippen LogP) is 6.31. The molecule has 0 aliphatic carbocycles. The van der Waals surface area contributed by atoms with Gasteiger partial charge in [0.15, 0.2) is 0 Å². The molecule has 0 N–H and O–H groups in total. The highest BCUT2D eigenvalue weighted by Crippen LogP contribution is 2.49. The van der Waals surface area contributed by atoms with Crippen molar-refractivity contribution < 1.29 is 0 Å². The van der Waals surface area contributed by atoms with Crippen molar-refractivity contribution in [1.82, 2.24) is 9.80 Å². The zero-order chi connectivity index (χ0) is 20.8. The number of nitrogens with zero attached hydrogens (tertiary/aromatic N) is 2. The maximum atomic E-state index is 2.75. The van der Waals surface area contributed by atoms with Crippen LogP contribution in [0.1, 0.15) is 96.4 Å². The number of hydrogen-bond donors (Lipinski definition) is 0. The Kier molecular flexibility index (Phi) is 6.81. The lowest BCUT2D eigenvalue weighted by Crippen LogP contribution is -2.63. The zero-order valence-electron chi connectivity index (χ0n) is 20.5. The Hall–Kier alpha value is -0.0800. The van der Waals surface area contributed by atoms with E-state index in [0.717, 1.165) is 0 Å². The second-order valence-corrected chi connectivity index (χ2v) is 12.6. The number of rotatable bonds is 5. The molecule has 0 aromatic heterocycles. The van der Waals surface area contributed by atoms with Crippen LogP contribution in [0.3, 0.4) is 0 Å². The van der Waals surface area contributed by atoms with E-state index in [2.05, 4.69) is 99.8 Å². The van der Waals surface area contributed by atoms with Crippen molar-refractivity contribution in [2.24, 2.45) is 21.7 Å². The third-order valence-electron chi connectivity index (χ3n) is 8.97. The summed E-state index contributed by atoms with van der Waals surface area (Å²) in [5.74, 6) is 0. The Morgan fingerprint density at radius 1 is 0.654 bits per heavy atom. The van der Waals surface area contributed by atoms with Crippen molar-refractivity contribution in [2.45, 2.75) is 108 Å². The van der Waals surface area contributed by atoms with Gasteiger partial charge in [0.25, 0.3) is 0 Å². The van der Waals surface area contributed by atoms with E-state index in [1.165, 1.54) is 32.6 Å². The SMILES string of the molecule is CC(CC(C)(C)C(C)(C)C)N1CCN(C(C)(C)C(C)(C)C(C)(C)C)CC1. The van der Waals surface area contributed by atoms with Gasteiger partial charge >= 0.3 is 0 Å². The van der Waals surface area contributed by atoms with Crippen molar-refractivity contribution in [3.8, 4) is 0 Å². The zero-order valence-corrected chi connectivity index (χ0v) is 20.5. The predicted molar refractivity (Wildman–Crippen MR) is 118 cm³/mol. The van der Waals surface area contributed by atoms with Gasteiger partial charge in [-0.2, -0.15) is 0 Å². The Morgan fingerprint density at radius 3 is 1.42 bits per heavy atom. The molecular formula is C24H50N2. The highest BCUT2D eigenvalue weighted by atomic mass is 15.3. The monoisotopic (exact) mass is 366 g/mol. The molecule has 26 heavy (non-hydrogen) atoms. The molecule has 0 aromatic carbocycles. The van der Waals surface area contributed by atoms with Gasteiger partial charge in [0.05, 0.1) is 0 Å². The van der Waals surface area contributed by atoms with Crippen molar-refractivity contribution in [3.63, 3.8) is 0 Å². The summed E-state index contributed by atoms with van der Waals surface area (Å²) in [5, 5.41) is 0. The normalized spacial score (nSPS) is 21.1. The molecule has 1 fully saturated rings. The first-order valence-corrected chi connectivity index (χ1v) is 10.8. The van der Waals surface area contributed by atoms with Crippen LogP contribution >= 0.6 is 0 Å². The summed E-state index contributed by atoms with van der Waals surface area (Å²) in [5.41, 5.74) is 1.45. The second kappa shape index (κ2) is 7.39. The van der Waals surface area contributed by atoms with E-state index in [-0.39, 0.29) is 16.4 Å². The van der Waals surface area contributed by atoms with Crippen LogP contribution in [0.25, 0.3) is 0 Å². The van der Waals surface area contributed by atoms with Gasteiger partial charge in [0, 0.05) is 37.8 Å². The summed E-state index contributed by atoms with van der Waals surface area (Å²) in [6.07, 6.45) is 1.27. The lowest BCUT2D eigenvalue weighted by atomic mass is 9.58. The van der Waals surface area contributed by atoms with Gasteiger partial charge in [-0.25, -0.2) is 0 Å². The topological polar surface area (TPSA) is 6.48 Å². The van der Waals surface area contributed by atoms with Gasteiger partial charge in [0.1, 0.15) is 0 Å². The van der Waals surface area contributed by atoms with Gasteiger partial charge in [-0.15, -0.1) is 0 Å². The highest BCUT2D eigenvalue weighted by molar-refractivity contribution is 5.02. The molecule has 1 rings (SSSR count). The molecule has 0 amide bonds. The van der Waals surface area contributed by atoms with E-state index in [1.54, 1.807) is 0 Å². The molecule has 1 saturated heterocycles. The van der Waals surface area contributed by atoms with Gasteiger partial charge in [-0.3, -0.25) is 9.80 Å². The van der Waals surface area contributed by atoms with Crippen LogP contribution in [-0.4, -0.2) is 47.6 Å². The third kappa shape index (κ3) is 4.66. The van der Waals surface area contributed by atoms with E-state index in [1.807, 2.05) is 0 Å². The Balaban J connectivity index is 2.75. The van der Waals surface area contributed by atoms with Gasteiger partial charge in [-0.1, -0.05) is 69.2 Å². The summed E-state index contributed by atoms with van der Waals surface area (Å²) >= 11 is 0. The van der Waals surface area contributed by atoms with Crippen LogP contribution in [0.2, 0.25) is 0 Å². The van der Waals surface area contributed by atoms with Crippen LogP contribution in [0.5, 0.6) is 0 Å². The van der Waals surface area contributed by atoms with Crippen LogP contribution in [0.15, 0.2) is 0 Å². The van der Waals surface area contributed by atoms with Crippen LogP contribution in [-0.2, 0) is 0 Å². The van der Waals surface area contributed by atoms with Crippen LogP contribution in [0, 0.1) is 21.7 Å². The average Bonchev–Trinajstić information content (AvgIpc) is 2.44. The van der Waals surface area contributed by atoms with E-state index >= 15 is 0 Å². The second-order valence-electron chi connectivity index (χ2n) is 12.6. The van der Waals surface area contributed by atoms with Gasteiger partial charge in [-0.05, 0) is 48.9 Å². The van der Waals surface area contributed by atoms with Crippen molar-refractivity contribution >= 4 is 0 Å². The van der Waals surface area contributed by atoms with E-state index in [9.17, 15) is 0 Å². The molecule has 156 valence electrons. The molecule has 0 radical (unpaired) electrons. The summed E-state index contributed by atoms with van der Waals surface area (Å²) in [6, 6.07) is 0.658. The quantitative estimate of drug-likeness (QED) is 0.563. The first kappa shape index (κ1) is 24.0. The largest absolute Gasteiger partial charge is 0.298 e. The Bertz CT molecular complexity index is 452. The molecular weight excluding hydrogens is 316 g/mol. The molecule has 0 bridgehead atoms. The molecule has 1 unspecified atom stereocenters. The first-order chi connectivity index (χ1) is 11.3. The fourth-order valence-electron chi connectivity index (χ4n) is 4.21. The van der Waals surface area contributed by atoms with E-state index in [0.29, 0.717) is 16.9 Å². The minimum Gasteiger partial charge on any atom is -0.298 e. The molecule has 0 spiro atoms. The summed E-state index contributed by atoms with van der Waals surface area (Å²) in [6.45, 7) is 36.2. The van der Waals surface area contributed by atoms with E-state index in [4.69, 9.17) is 0 Å². The van der Waals surface area contributed by atoms with Crippen molar-refractivity contribution in [2.75, 3.05) is 26.2 Å². The molecule has 2 heteroatoms. The number of piperazine rings is 1. The maximum absolute atomic E-state index is 2.75. The molecule has 1 aliphatic heterocycles. The summed E-state index contributed by atoms with van der Waals surface area (Å²) in [4.78, 5) is 5.47. The van der Waals surface area contributed by atoms with Crippen molar-refractivity contribution in [1.29, 1.82) is 0 Å². The smallest absolute Gasteiger partial charge is 0.0210 e. The van der Waals surface area contributed by atoms with Gasteiger partial charge in [0.2, 0.25) is 0 Å². The van der Waals surface area contributed by atoms with Gasteiger partial charge < -0.3 is 0 Å². The number of hydrogen-bond acceptors (Lipinski definition) is 2. The minimum absolute atomic E-state index is 0.200.